The fourth-order valence-electron chi connectivity index (χ4n) is 3.19. The summed E-state index contributed by atoms with van der Waals surface area (Å²) in [5.41, 5.74) is 0.944. The lowest BCUT2D eigenvalue weighted by molar-refractivity contribution is -0.133. The Kier molecular flexibility index (Phi) is 4.99. The third-order valence-corrected chi connectivity index (χ3v) is 4.33. The molecule has 2 rings (SSSR count). The zero-order chi connectivity index (χ0) is 15.6. The van der Waals surface area contributed by atoms with E-state index in [9.17, 15) is 9.18 Å². The first kappa shape index (κ1) is 16.0. The minimum Gasteiger partial charge on any atom is -0.318 e. The Labute approximate surface area is 126 Å². The van der Waals surface area contributed by atoms with E-state index < -0.39 is 0 Å². The van der Waals surface area contributed by atoms with Crippen LogP contribution < -0.4 is 5.32 Å². The van der Waals surface area contributed by atoms with E-state index in [4.69, 9.17) is 0 Å². The number of nitrogens with zero attached hydrogens (tertiary/aromatic N) is 1. The maximum Gasteiger partial charge on any atom is 0.241 e. The molecule has 1 N–H and O–H groups in total. The van der Waals surface area contributed by atoms with E-state index in [0.29, 0.717) is 5.92 Å². The van der Waals surface area contributed by atoms with Crippen LogP contribution in [0.15, 0.2) is 24.3 Å². The topological polar surface area (TPSA) is 32.3 Å². The number of benzene rings is 1. The molecule has 1 heterocycles. The first-order valence-corrected chi connectivity index (χ1v) is 7.83. The Balaban J connectivity index is 2.36. The van der Waals surface area contributed by atoms with E-state index in [1.807, 2.05) is 11.8 Å². The average molecular weight is 292 g/mol. The first-order chi connectivity index (χ1) is 9.99. The van der Waals surface area contributed by atoms with Crippen LogP contribution in [0.5, 0.6) is 0 Å². The van der Waals surface area contributed by atoms with E-state index in [2.05, 4.69) is 26.1 Å². The van der Waals surface area contributed by atoms with Gasteiger partial charge in [-0.2, -0.15) is 0 Å². The molecule has 1 aliphatic heterocycles. The molecule has 0 radical (unpaired) electrons. The summed E-state index contributed by atoms with van der Waals surface area (Å²) in [5.74, 6) is 0.296. The van der Waals surface area contributed by atoms with Gasteiger partial charge < -0.3 is 4.90 Å². The van der Waals surface area contributed by atoms with Gasteiger partial charge in [-0.1, -0.05) is 39.8 Å². The Morgan fingerprint density at radius 2 is 1.86 bits per heavy atom. The summed E-state index contributed by atoms with van der Waals surface area (Å²) < 4.78 is 13.1. The molecule has 0 aromatic heterocycles. The quantitative estimate of drug-likeness (QED) is 0.901. The largest absolute Gasteiger partial charge is 0.318 e. The summed E-state index contributed by atoms with van der Waals surface area (Å²) in [6, 6.07) is 6.48. The third kappa shape index (κ3) is 3.10. The van der Waals surface area contributed by atoms with Gasteiger partial charge in [-0.15, -0.1) is 0 Å². The van der Waals surface area contributed by atoms with Crippen molar-refractivity contribution in [1.29, 1.82) is 0 Å². The van der Waals surface area contributed by atoms with Crippen molar-refractivity contribution in [2.75, 3.05) is 0 Å². The van der Waals surface area contributed by atoms with Gasteiger partial charge >= 0.3 is 0 Å². The van der Waals surface area contributed by atoms with Crippen molar-refractivity contribution in [1.82, 2.24) is 10.2 Å². The van der Waals surface area contributed by atoms with Crippen molar-refractivity contribution in [3.63, 3.8) is 0 Å². The average Bonchev–Trinajstić information content (AvgIpc) is 2.78. The first-order valence-electron chi connectivity index (χ1n) is 7.83. The smallest absolute Gasteiger partial charge is 0.241 e. The lowest BCUT2D eigenvalue weighted by Crippen LogP contribution is -2.42. The number of hydrogen-bond donors (Lipinski definition) is 1. The van der Waals surface area contributed by atoms with Crippen molar-refractivity contribution in [3.8, 4) is 0 Å². The Bertz CT molecular complexity index is 486. The summed E-state index contributed by atoms with van der Waals surface area (Å²) in [6.45, 7) is 8.40. The van der Waals surface area contributed by atoms with Crippen LogP contribution in [0.4, 0.5) is 4.39 Å². The van der Waals surface area contributed by atoms with Crippen molar-refractivity contribution in [3.05, 3.63) is 35.6 Å². The van der Waals surface area contributed by atoms with Crippen LogP contribution in [0.1, 0.15) is 52.3 Å². The standard InChI is InChI=1S/C17H25FN2O/c1-5-14-17(21)20(15(6-2)11(3)4)16(19-14)12-7-9-13(18)10-8-12/h7-11,14-16,19H,5-6H2,1-4H3. The van der Waals surface area contributed by atoms with Gasteiger partial charge in [-0.25, -0.2) is 4.39 Å². The van der Waals surface area contributed by atoms with Gasteiger partial charge in [0.25, 0.3) is 0 Å². The van der Waals surface area contributed by atoms with Gasteiger partial charge in [-0.3, -0.25) is 10.1 Å². The van der Waals surface area contributed by atoms with Crippen LogP contribution in [0.3, 0.4) is 0 Å². The second-order valence-electron chi connectivity index (χ2n) is 6.05. The number of carbonyl (C=O) groups excluding carboxylic acids is 1. The molecule has 0 saturated carbocycles. The van der Waals surface area contributed by atoms with Gasteiger partial charge in [0.1, 0.15) is 12.0 Å². The normalized spacial score (nSPS) is 23.9. The molecule has 4 heteroatoms. The van der Waals surface area contributed by atoms with Crippen molar-refractivity contribution < 1.29 is 9.18 Å². The molecule has 0 aliphatic carbocycles. The van der Waals surface area contributed by atoms with Crippen LogP contribution in [-0.2, 0) is 4.79 Å². The molecular weight excluding hydrogens is 267 g/mol. The van der Waals surface area contributed by atoms with Gasteiger partial charge in [0, 0.05) is 6.04 Å². The van der Waals surface area contributed by atoms with Gasteiger partial charge in [-0.05, 0) is 36.5 Å². The van der Waals surface area contributed by atoms with E-state index in [1.165, 1.54) is 12.1 Å². The minimum absolute atomic E-state index is 0.146. The second-order valence-corrected chi connectivity index (χ2v) is 6.05. The van der Waals surface area contributed by atoms with Crippen LogP contribution in [0.25, 0.3) is 0 Å². The predicted molar refractivity (Wildman–Crippen MR) is 82.1 cm³/mol. The molecule has 0 bridgehead atoms. The number of halogens is 1. The van der Waals surface area contributed by atoms with Crippen molar-refractivity contribution in [2.24, 2.45) is 5.92 Å². The lowest BCUT2D eigenvalue weighted by Gasteiger charge is -2.35. The number of rotatable bonds is 5. The van der Waals surface area contributed by atoms with E-state index in [1.54, 1.807) is 12.1 Å². The fraction of sp³-hybridized carbons (Fsp3) is 0.588. The maximum atomic E-state index is 13.1. The molecular formula is C17H25FN2O. The van der Waals surface area contributed by atoms with Gasteiger partial charge in [0.05, 0.1) is 6.04 Å². The van der Waals surface area contributed by atoms with Crippen LogP contribution in [-0.4, -0.2) is 22.9 Å². The second kappa shape index (κ2) is 6.56. The molecule has 1 aromatic rings. The fourth-order valence-corrected chi connectivity index (χ4v) is 3.19. The van der Waals surface area contributed by atoms with Crippen LogP contribution in [0, 0.1) is 11.7 Å². The molecule has 21 heavy (non-hydrogen) atoms. The number of hydrogen-bond acceptors (Lipinski definition) is 2. The SMILES string of the molecule is CCC1NC(c2ccc(F)cc2)N(C(CC)C(C)C)C1=O. The third-order valence-electron chi connectivity index (χ3n) is 4.33. The highest BCUT2D eigenvalue weighted by atomic mass is 19.1. The van der Waals surface area contributed by atoms with Crippen LogP contribution >= 0.6 is 0 Å². The summed E-state index contributed by atoms with van der Waals surface area (Å²) in [7, 11) is 0. The molecule has 0 spiro atoms. The minimum atomic E-state index is -0.252. The Morgan fingerprint density at radius 1 is 1.24 bits per heavy atom. The zero-order valence-electron chi connectivity index (χ0n) is 13.3. The zero-order valence-corrected chi connectivity index (χ0v) is 13.3. The van der Waals surface area contributed by atoms with Crippen molar-refractivity contribution in [2.45, 2.75) is 58.8 Å². The number of nitrogens with one attached hydrogen (secondary N) is 1. The summed E-state index contributed by atoms with van der Waals surface area (Å²) >= 11 is 0. The Morgan fingerprint density at radius 3 is 2.33 bits per heavy atom. The van der Waals surface area contributed by atoms with E-state index in [0.717, 1.165) is 18.4 Å². The number of carbonyl (C=O) groups is 1. The lowest BCUT2D eigenvalue weighted by atomic mass is 9.98. The molecule has 3 nitrogen and oxygen atoms in total. The molecule has 1 saturated heterocycles. The van der Waals surface area contributed by atoms with Gasteiger partial charge in [0.15, 0.2) is 0 Å². The predicted octanol–water partition coefficient (Wildman–Crippen LogP) is 3.47. The van der Waals surface area contributed by atoms with E-state index >= 15 is 0 Å². The molecule has 116 valence electrons. The molecule has 3 atom stereocenters. The highest BCUT2D eigenvalue weighted by Crippen LogP contribution is 2.32. The number of amides is 1. The monoisotopic (exact) mass is 292 g/mol. The molecule has 1 aromatic carbocycles. The van der Waals surface area contributed by atoms with E-state index in [-0.39, 0.29) is 30.0 Å². The molecule has 1 aliphatic rings. The highest BCUT2D eigenvalue weighted by molar-refractivity contribution is 5.84. The van der Waals surface area contributed by atoms with Gasteiger partial charge in [0.2, 0.25) is 5.91 Å². The maximum absolute atomic E-state index is 13.1. The Hall–Kier alpha value is -1.42. The summed E-state index contributed by atoms with van der Waals surface area (Å²) in [5, 5.41) is 3.40. The molecule has 1 fully saturated rings. The molecule has 1 amide bonds. The summed E-state index contributed by atoms with van der Waals surface area (Å²) in [6.07, 6.45) is 1.52. The highest BCUT2D eigenvalue weighted by Gasteiger charge is 2.42. The summed E-state index contributed by atoms with van der Waals surface area (Å²) in [4.78, 5) is 14.6. The molecule has 3 unspecified atom stereocenters. The van der Waals surface area contributed by atoms with Crippen LogP contribution in [0.2, 0.25) is 0 Å². The van der Waals surface area contributed by atoms with Crippen molar-refractivity contribution >= 4 is 5.91 Å².